The highest BCUT2D eigenvalue weighted by Crippen LogP contribution is 2.14. The van der Waals surface area contributed by atoms with Gasteiger partial charge >= 0.3 is 17.9 Å². The normalized spacial score (nSPS) is 12.7. The molecule has 68 heavy (non-hydrogen) atoms. The molecule has 0 aromatic heterocycles. The van der Waals surface area contributed by atoms with Crippen molar-refractivity contribution >= 4 is 17.9 Å². The van der Waals surface area contributed by atoms with Crippen LogP contribution in [0.25, 0.3) is 0 Å². The van der Waals surface area contributed by atoms with Crippen molar-refractivity contribution in [2.45, 2.75) is 277 Å². The maximum Gasteiger partial charge on any atom is 0.306 e. The van der Waals surface area contributed by atoms with Crippen LogP contribution in [0.2, 0.25) is 0 Å². The molecule has 0 amide bonds. The first-order valence-corrected chi connectivity index (χ1v) is 28.6. The average molecular weight is 948 g/mol. The number of carbonyl (C=O) groups excluding carboxylic acids is 3. The lowest BCUT2D eigenvalue weighted by Crippen LogP contribution is -2.30. The topological polar surface area (TPSA) is 78.9 Å². The highest BCUT2D eigenvalue weighted by molar-refractivity contribution is 5.71. The molecule has 0 heterocycles. The van der Waals surface area contributed by atoms with Gasteiger partial charge in [0.25, 0.3) is 0 Å². The summed E-state index contributed by atoms with van der Waals surface area (Å²) in [7, 11) is 0. The van der Waals surface area contributed by atoms with Gasteiger partial charge in [0.1, 0.15) is 13.2 Å². The van der Waals surface area contributed by atoms with E-state index in [-0.39, 0.29) is 31.1 Å². The van der Waals surface area contributed by atoms with E-state index in [1.165, 1.54) is 116 Å². The quantitative estimate of drug-likeness (QED) is 0.0262. The molecule has 0 aromatic carbocycles. The van der Waals surface area contributed by atoms with Gasteiger partial charge in [-0.25, -0.2) is 0 Å². The summed E-state index contributed by atoms with van der Waals surface area (Å²) in [5.74, 6) is -0.945. The van der Waals surface area contributed by atoms with E-state index in [1.807, 2.05) is 0 Å². The zero-order chi connectivity index (χ0) is 49.3. The van der Waals surface area contributed by atoms with Gasteiger partial charge < -0.3 is 14.2 Å². The maximum atomic E-state index is 12.8. The van der Waals surface area contributed by atoms with Crippen molar-refractivity contribution in [3.05, 3.63) is 85.1 Å². The number of unbranched alkanes of at least 4 members (excludes halogenated alkanes) is 26. The van der Waals surface area contributed by atoms with Crippen LogP contribution in [0.15, 0.2) is 85.1 Å². The van der Waals surface area contributed by atoms with Gasteiger partial charge in [0.05, 0.1) is 0 Å². The third-order valence-corrected chi connectivity index (χ3v) is 12.1. The Morgan fingerprint density at radius 3 is 0.868 bits per heavy atom. The molecule has 0 saturated heterocycles. The zero-order valence-electron chi connectivity index (χ0n) is 44.6. The Labute approximate surface area is 420 Å². The third-order valence-electron chi connectivity index (χ3n) is 12.1. The number of ether oxygens (including phenoxy) is 3. The molecule has 6 nitrogen and oxygen atoms in total. The summed E-state index contributed by atoms with van der Waals surface area (Å²) in [6.07, 6.45) is 72.8. The predicted octanol–water partition coefficient (Wildman–Crippen LogP) is 19.2. The number of allylic oxidation sites excluding steroid dienone is 14. The van der Waals surface area contributed by atoms with E-state index in [9.17, 15) is 14.4 Å². The summed E-state index contributed by atoms with van der Waals surface area (Å²) in [5.41, 5.74) is 0. The minimum atomic E-state index is -0.802. The first kappa shape index (κ1) is 64.6. The maximum absolute atomic E-state index is 12.8. The molecular formula is C62H106O6. The van der Waals surface area contributed by atoms with Crippen molar-refractivity contribution in [3.63, 3.8) is 0 Å². The second kappa shape index (κ2) is 56.2. The molecule has 0 spiro atoms. The van der Waals surface area contributed by atoms with Crippen LogP contribution in [0.3, 0.4) is 0 Å². The van der Waals surface area contributed by atoms with Gasteiger partial charge in [0.15, 0.2) is 6.10 Å². The molecule has 0 saturated carbocycles. The fraction of sp³-hybridized carbons (Fsp3) is 0.726. The summed E-state index contributed by atoms with van der Waals surface area (Å²) < 4.78 is 16.8. The molecule has 0 aromatic rings. The summed E-state index contributed by atoms with van der Waals surface area (Å²) in [6, 6.07) is 0. The highest BCUT2D eigenvalue weighted by atomic mass is 16.6. The second-order valence-corrected chi connectivity index (χ2v) is 18.8. The number of esters is 3. The molecule has 0 aliphatic carbocycles. The Balaban J connectivity index is 4.48. The van der Waals surface area contributed by atoms with Gasteiger partial charge in [-0.15, -0.1) is 0 Å². The summed E-state index contributed by atoms with van der Waals surface area (Å²) in [6.45, 7) is 6.55. The first-order chi connectivity index (χ1) is 33.5. The van der Waals surface area contributed by atoms with Crippen LogP contribution in [0.4, 0.5) is 0 Å². The van der Waals surface area contributed by atoms with Crippen molar-refractivity contribution < 1.29 is 28.6 Å². The van der Waals surface area contributed by atoms with Crippen LogP contribution in [-0.4, -0.2) is 37.2 Å². The fourth-order valence-electron chi connectivity index (χ4n) is 7.74. The smallest absolute Gasteiger partial charge is 0.306 e. The van der Waals surface area contributed by atoms with Crippen LogP contribution >= 0.6 is 0 Å². The molecule has 0 bridgehead atoms. The standard InChI is InChI=1S/C62H106O6/c1-4-7-10-13-16-19-22-25-28-31-34-37-40-43-46-49-52-55-61(64)67-58-59(57-66-60(63)54-51-48-45-42-39-36-33-30-27-24-21-18-15-12-9-6-3)68-62(65)56-53-50-47-44-41-38-35-32-29-26-23-20-17-14-11-8-5-2/h16-17,19-20,25-26,28-30,33-35,37-38,59H,4-15,18,21-24,27,31-32,36,39-58H2,1-3H3/b19-16-,20-17-,28-25-,29-26-,33-30-,37-34-,38-35-/t59-/m1/s1. The van der Waals surface area contributed by atoms with Crippen LogP contribution < -0.4 is 0 Å². The molecule has 6 heteroatoms. The molecule has 390 valence electrons. The lowest BCUT2D eigenvalue weighted by Gasteiger charge is -2.18. The second-order valence-electron chi connectivity index (χ2n) is 18.8. The van der Waals surface area contributed by atoms with E-state index in [4.69, 9.17) is 14.2 Å². The van der Waals surface area contributed by atoms with Gasteiger partial charge in [0.2, 0.25) is 0 Å². The van der Waals surface area contributed by atoms with Crippen LogP contribution in [0.1, 0.15) is 271 Å². The van der Waals surface area contributed by atoms with E-state index in [0.717, 1.165) is 116 Å². The molecule has 0 aliphatic rings. The molecule has 0 N–H and O–H groups in total. The number of carbonyl (C=O) groups is 3. The molecule has 0 unspecified atom stereocenters. The third kappa shape index (κ3) is 53.5. The minimum absolute atomic E-state index is 0.0974. The molecular weight excluding hydrogens is 841 g/mol. The van der Waals surface area contributed by atoms with E-state index in [1.54, 1.807) is 0 Å². The SMILES string of the molecule is CCCCC/C=C\C/C=C\C/C=C\CCCCCCC(=O)OC[C@@H](COC(=O)CCCCCCC/C=C\CCCCCCCCC)OC(=O)CCCCCC/C=C\C/C=C\C/C=C\CCCCC. The summed E-state index contributed by atoms with van der Waals surface area (Å²) >= 11 is 0. The van der Waals surface area contributed by atoms with Crippen molar-refractivity contribution in [2.75, 3.05) is 13.2 Å². The van der Waals surface area contributed by atoms with Gasteiger partial charge in [-0.1, -0.05) is 215 Å². The Morgan fingerprint density at radius 1 is 0.294 bits per heavy atom. The van der Waals surface area contributed by atoms with Crippen LogP contribution in [0.5, 0.6) is 0 Å². The molecule has 0 fully saturated rings. The van der Waals surface area contributed by atoms with Gasteiger partial charge in [0, 0.05) is 19.3 Å². The van der Waals surface area contributed by atoms with E-state index >= 15 is 0 Å². The van der Waals surface area contributed by atoms with E-state index in [0.29, 0.717) is 19.3 Å². The zero-order valence-corrected chi connectivity index (χ0v) is 44.6. The van der Waals surface area contributed by atoms with Gasteiger partial charge in [-0.3, -0.25) is 14.4 Å². The van der Waals surface area contributed by atoms with E-state index in [2.05, 4.69) is 106 Å². The number of hydrogen-bond donors (Lipinski definition) is 0. The highest BCUT2D eigenvalue weighted by Gasteiger charge is 2.19. The Hall–Kier alpha value is -3.41. The Kier molecular flexibility index (Phi) is 53.4. The van der Waals surface area contributed by atoms with Crippen molar-refractivity contribution in [2.24, 2.45) is 0 Å². The molecule has 1 atom stereocenters. The molecule has 0 rings (SSSR count). The molecule has 0 aliphatic heterocycles. The van der Waals surface area contributed by atoms with Crippen molar-refractivity contribution in [1.29, 1.82) is 0 Å². The fourth-order valence-corrected chi connectivity index (χ4v) is 7.74. The molecule has 0 radical (unpaired) electrons. The summed E-state index contributed by atoms with van der Waals surface area (Å²) in [4.78, 5) is 38.1. The monoisotopic (exact) mass is 947 g/mol. The van der Waals surface area contributed by atoms with Crippen molar-refractivity contribution in [1.82, 2.24) is 0 Å². The number of rotatable bonds is 51. The van der Waals surface area contributed by atoms with Gasteiger partial charge in [-0.05, 0) is 122 Å². The Morgan fingerprint density at radius 2 is 0.529 bits per heavy atom. The van der Waals surface area contributed by atoms with Crippen LogP contribution in [0, 0.1) is 0 Å². The predicted molar refractivity (Wildman–Crippen MR) is 293 cm³/mol. The number of hydrogen-bond acceptors (Lipinski definition) is 6. The Bertz CT molecular complexity index is 1320. The van der Waals surface area contributed by atoms with Gasteiger partial charge in [-0.2, -0.15) is 0 Å². The minimum Gasteiger partial charge on any atom is -0.462 e. The lowest BCUT2D eigenvalue weighted by atomic mass is 10.1. The first-order valence-electron chi connectivity index (χ1n) is 28.6. The van der Waals surface area contributed by atoms with Crippen LogP contribution in [-0.2, 0) is 28.6 Å². The largest absolute Gasteiger partial charge is 0.462 e. The van der Waals surface area contributed by atoms with Crippen molar-refractivity contribution in [3.8, 4) is 0 Å². The van der Waals surface area contributed by atoms with E-state index < -0.39 is 6.10 Å². The lowest BCUT2D eigenvalue weighted by molar-refractivity contribution is -0.167. The summed E-state index contributed by atoms with van der Waals surface area (Å²) in [5, 5.41) is 0. The average Bonchev–Trinajstić information content (AvgIpc) is 3.34.